The van der Waals surface area contributed by atoms with Crippen LogP contribution in [0, 0.1) is 0 Å². The van der Waals surface area contributed by atoms with Crippen LogP contribution in [0.1, 0.15) is 88.2 Å². The number of halogens is 2. The quantitative estimate of drug-likeness (QED) is 0.0564. The highest BCUT2D eigenvalue weighted by molar-refractivity contribution is 9.11. The summed E-state index contributed by atoms with van der Waals surface area (Å²) in [5.41, 5.74) is 4.64. The Morgan fingerprint density at radius 1 is 0.361 bits per heavy atom. The van der Waals surface area contributed by atoms with E-state index in [2.05, 4.69) is 153 Å². The maximum atomic E-state index is 6.34. The van der Waals surface area contributed by atoms with Gasteiger partial charge in [-0.1, -0.05) is 142 Å². The largest absolute Gasteiger partial charge is 0.492 e. The minimum atomic E-state index is 0.698. The van der Waals surface area contributed by atoms with Gasteiger partial charge in [0.25, 0.3) is 0 Å². The van der Waals surface area contributed by atoms with Crippen molar-refractivity contribution in [3.8, 4) is 11.5 Å². The van der Waals surface area contributed by atoms with E-state index in [0.29, 0.717) is 13.2 Å². The number of furan rings is 1. The van der Waals surface area contributed by atoms with Crippen LogP contribution in [0.3, 0.4) is 0 Å². The summed E-state index contributed by atoms with van der Waals surface area (Å²) in [6, 6.07) is 48.4. The van der Waals surface area contributed by atoms with Gasteiger partial charge in [-0.05, 0) is 167 Å². The Kier molecular flexibility index (Phi) is 13.5. The molecule has 0 bridgehead atoms. The van der Waals surface area contributed by atoms with Crippen molar-refractivity contribution in [1.29, 1.82) is 0 Å². The highest BCUT2D eigenvalue weighted by atomic mass is 79.9. The fourth-order valence-corrected chi connectivity index (χ4v) is 10.1. The Bertz CT molecular complexity index is 2870. The molecule has 310 valence electrons. The number of rotatable bonds is 20. The highest BCUT2D eigenvalue weighted by Gasteiger charge is 2.15. The van der Waals surface area contributed by atoms with Crippen LogP contribution >= 0.6 is 31.9 Å². The standard InChI is InChI=1S/C56H54Br2O3/c57-51-37-53-49(35-55(51)59-30-17-7-3-1-5-9-20-39-25-19-26-44-32-40-21-11-12-22-41(40)34-48(39)44)50-36-56(52(58)38-54(50)61-53)60-31-18-8-4-2-6-10-29-47-45-27-15-13-23-42(45)33-43-24-14-16-28-46(43)47/h11-16,19,21-28,32-38H,1-10,17-18,20,29-31H2. The molecule has 61 heavy (non-hydrogen) atoms. The van der Waals surface area contributed by atoms with Crippen molar-refractivity contribution in [3.63, 3.8) is 0 Å². The van der Waals surface area contributed by atoms with Gasteiger partial charge < -0.3 is 13.9 Å². The maximum Gasteiger partial charge on any atom is 0.136 e. The van der Waals surface area contributed by atoms with Gasteiger partial charge in [0.15, 0.2) is 0 Å². The zero-order valence-corrected chi connectivity index (χ0v) is 38.2. The van der Waals surface area contributed by atoms with Gasteiger partial charge in [0.05, 0.1) is 22.2 Å². The van der Waals surface area contributed by atoms with Gasteiger partial charge in [-0.3, -0.25) is 0 Å². The summed E-state index contributed by atoms with van der Waals surface area (Å²) in [6.07, 6.45) is 16.6. The molecule has 0 saturated heterocycles. The monoisotopic (exact) mass is 932 g/mol. The Balaban J connectivity index is 0.696. The van der Waals surface area contributed by atoms with Gasteiger partial charge in [0.1, 0.15) is 22.7 Å². The lowest BCUT2D eigenvalue weighted by Crippen LogP contribution is -1.98. The molecule has 5 heteroatoms. The van der Waals surface area contributed by atoms with Crippen molar-refractivity contribution in [2.45, 2.75) is 89.9 Å². The number of benzene rings is 8. The average Bonchev–Trinajstić information content (AvgIpc) is 3.61. The summed E-state index contributed by atoms with van der Waals surface area (Å²) in [7, 11) is 0. The number of hydrogen-bond donors (Lipinski definition) is 0. The lowest BCUT2D eigenvalue weighted by molar-refractivity contribution is 0.302. The second-order valence-corrected chi connectivity index (χ2v) is 18.4. The molecule has 0 amide bonds. The van der Waals surface area contributed by atoms with Gasteiger partial charge in [0, 0.05) is 10.8 Å². The van der Waals surface area contributed by atoms with Crippen molar-refractivity contribution in [1.82, 2.24) is 0 Å². The zero-order valence-electron chi connectivity index (χ0n) is 35.0. The Morgan fingerprint density at radius 2 is 0.803 bits per heavy atom. The second-order valence-electron chi connectivity index (χ2n) is 16.7. The van der Waals surface area contributed by atoms with Crippen LogP contribution in [0.5, 0.6) is 11.5 Å². The highest BCUT2D eigenvalue weighted by Crippen LogP contribution is 2.40. The minimum Gasteiger partial charge on any atom is -0.492 e. The molecular formula is C56H54Br2O3. The Morgan fingerprint density at radius 3 is 1.39 bits per heavy atom. The van der Waals surface area contributed by atoms with E-state index in [1.54, 1.807) is 0 Å². The van der Waals surface area contributed by atoms with E-state index in [4.69, 9.17) is 13.9 Å². The van der Waals surface area contributed by atoms with Crippen LogP contribution in [0.25, 0.3) is 65.0 Å². The molecule has 0 unspecified atom stereocenters. The molecule has 0 atom stereocenters. The van der Waals surface area contributed by atoms with E-state index in [1.807, 2.05) is 12.1 Å². The number of fused-ring (bicyclic) bond motifs is 7. The molecule has 1 heterocycles. The number of ether oxygens (including phenoxy) is 2. The van der Waals surface area contributed by atoms with E-state index >= 15 is 0 Å². The van der Waals surface area contributed by atoms with Crippen molar-refractivity contribution >= 4 is 96.9 Å². The molecule has 3 nitrogen and oxygen atoms in total. The fraction of sp³-hybridized carbons (Fsp3) is 0.286. The topological polar surface area (TPSA) is 31.6 Å². The smallest absolute Gasteiger partial charge is 0.136 e. The summed E-state index contributed by atoms with van der Waals surface area (Å²) < 4.78 is 20.8. The third kappa shape index (κ3) is 9.79. The van der Waals surface area contributed by atoms with Crippen LogP contribution in [-0.4, -0.2) is 13.2 Å². The summed E-state index contributed by atoms with van der Waals surface area (Å²) in [5, 5.41) is 13.0. The predicted octanol–water partition coefficient (Wildman–Crippen LogP) is 17.6. The predicted molar refractivity (Wildman–Crippen MR) is 266 cm³/mol. The third-order valence-corrected chi connectivity index (χ3v) is 13.7. The van der Waals surface area contributed by atoms with Crippen molar-refractivity contribution in [3.05, 3.63) is 154 Å². The number of unbranched alkanes of at least 4 members (excludes halogenated alkanes) is 10. The molecule has 9 aromatic rings. The van der Waals surface area contributed by atoms with Crippen molar-refractivity contribution < 1.29 is 13.9 Å². The first-order chi connectivity index (χ1) is 30.1. The van der Waals surface area contributed by atoms with Crippen LogP contribution in [0.15, 0.2) is 147 Å². The Labute approximate surface area is 376 Å². The van der Waals surface area contributed by atoms with E-state index in [-0.39, 0.29) is 0 Å². The van der Waals surface area contributed by atoms with Crippen molar-refractivity contribution in [2.24, 2.45) is 0 Å². The maximum absolute atomic E-state index is 6.34. The van der Waals surface area contributed by atoms with Gasteiger partial charge in [0.2, 0.25) is 0 Å². The van der Waals surface area contributed by atoms with Crippen LogP contribution in [0.4, 0.5) is 0 Å². The molecule has 0 aliphatic carbocycles. The minimum absolute atomic E-state index is 0.698. The lowest BCUT2D eigenvalue weighted by Gasteiger charge is -2.12. The molecule has 9 rings (SSSR count). The lowest BCUT2D eigenvalue weighted by atomic mass is 9.93. The fourth-order valence-electron chi connectivity index (χ4n) is 9.23. The van der Waals surface area contributed by atoms with Crippen LogP contribution in [0.2, 0.25) is 0 Å². The molecule has 0 spiro atoms. The summed E-state index contributed by atoms with van der Waals surface area (Å²) in [5.74, 6) is 1.71. The zero-order chi connectivity index (χ0) is 41.4. The molecule has 0 aliphatic heterocycles. The van der Waals surface area contributed by atoms with Crippen LogP contribution < -0.4 is 9.47 Å². The van der Waals surface area contributed by atoms with E-state index in [1.165, 1.54) is 118 Å². The average molecular weight is 935 g/mol. The molecule has 0 aliphatic rings. The molecule has 0 saturated carbocycles. The van der Waals surface area contributed by atoms with E-state index in [0.717, 1.165) is 68.1 Å². The summed E-state index contributed by atoms with van der Waals surface area (Å²) >= 11 is 7.48. The first-order valence-corrected chi connectivity index (χ1v) is 24.1. The molecular weight excluding hydrogens is 880 g/mol. The van der Waals surface area contributed by atoms with E-state index < -0.39 is 0 Å². The van der Waals surface area contributed by atoms with Gasteiger partial charge in [-0.2, -0.15) is 0 Å². The normalized spacial score (nSPS) is 11.8. The van der Waals surface area contributed by atoms with Gasteiger partial charge >= 0.3 is 0 Å². The first-order valence-electron chi connectivity index (χ1n) is 22.5. The molecule has 8 aromatic carbocycles. The molecule has 0 N–H and O–H groups in total. The second kappa shape index (κ2) is 19.9. The third-order valence-electron chi connectivity index (χ3n) is 12.5. The molecule has 1 aromatic heterocycles. The number of aryl methyl sites for hydroxylation is 2. The van der Waals surface area contributed by atoms with Crippen LogP contribution in [-0.2, 0) is 12.8 Å². The van der Waals surface area contributed by atoms with Gasteiger partial charge in [-0.15, -0.1) is 0 Å². The summed E-state index contributed by atoms with van der Waals surface area (Å²) in [4.78, 5) is 0. The first kappa shape index (κ1) is 41.5. The summed E-state index contributed by atoms with van der Waals surface area (Å²) in [6.45, 7) is 1.40. The molecule has 0 radical (unpaired) electrons. The van der Waals surface area contributed by atoms with Crippen molar-refractivity contribution in [2.75, 3.05) is 13.2 Å². The van der Waals surface area contributed by atoms with Gasteiger partial charge in [-0.25, -0.2) is 0 Å². The molecule has 0 fully saturated rings. The Hall–Kier alpha value is -4.84. The number of hydrogen-bond acceptors (Lipinski definition) is 3. The SMILES string of the molecule is Brc1cc2oc3cc(Br)c(OCCCCCCCCc4c5ccccc5cc5ccccc45)cc3c2cc1OCCCCCCCCc1cccc2cc3ccccc3cc12. The van der Waals surface area contributed by atoms with E-state index in [9.17, 15) is 0 Å².